The Morgan fingerprint density at radius 1 is 1.33 bits per heavy atom. The summed E-state index contributed by atoms with van der Waals surface area (Å²) in [5, 5.41) is 2.96. The molecule has 2 rings (SSSR count). The van der Waals surface area contributed by atoms with Crippen LogP contribution in [-0.2, 0) is 14.8 Å². The number of nitrogens with zero attached hydrogens (tertiary/aromatic N) is 1. The molecule has 0 spiro atoms. The predicted octanol–water partition coefficient (Wildman–Crippen LogP) is 0.277. The van der Waals surface area contributed by atoms with Crippen molar-refractivity contribution in [2.75, 3.05) is 26.0 Å². The van der Waals surface area contributed by atoms with Crippen LogP contribution in [0.25, 0.3) is 0 Å². The number of carbonyl (C=O) groups excluding carboxylic acids is 1. The van der Waals surface area contributed by atoms with Crippen molar-refractivity contribution in [1.82, 2.24) is 14.9 Å². The van der Waals surface area contributed by atoms with Gasteiger partial charge in [0.25, 0.3) is 0 Å². The number of sulfonamides is 1. The molecule has 2 heterocycles. The van der Waals surface area contributed by atoms with E-state index in [1.165, 1.54) is 0 Å². The van der Waals surface area contributed by atoms with Gasteiger partial charge in [0.15, 0.2) is 0 Å². The first-order valence-corrected chi connectivity index (χ1v) is 9.38. The van der Waals surface area contributed by atoms with Crippen molar-refractivity contribution in [2.24, 2.45) is 0 Å². The van der Waals surface area contributed by atoms with Gasteiger partial charge in [-0.2, -0.15) is 0 Å². The van der Waals surface area contributed by atoms with E-state index in [1.54, 1.807) is 4.90 Å². The minimum atomic E-state index is -3.24. The first-order chi connectivity index (χ1) is 9.85. The van der Waals surface area contributed by atoms with E-state index in [2.05, 4.69) is 10.0 Å². The Labute approximate surface area is 126 Å². The van der Waals surface area contributed by atoms with E-state index in [4.69, 9.17) is 4.74 Å². The smallest absolute Gasteiger partial charge is 0.317 e. The number of carbonyl (C=O) groups is 1. The highest BCUT2D eigenvalue weighted by Gasteiger charge is 2.28. The zero-order valence-corrected chi connectivity index (χ0v) is 13.5. The fourth-order valence-corrected chi connectivity index (χ4v) is 3.73. The second kappa shape index (κ2) is 6.93. The fraction of sp³-hybridized carbons (Fsp3) is 0.923. The van der Waals surface area contributed by atoms with Crippen LogP contribution in [-0.4, -0.2) is 63.5 Å². The Morgan fingerprint density at radius 3 is 2.71 bits per heavy atom. The number of ether oxygens (including phenoxy) is 1. The van der Waals surface area contributed by atoms with Crippen LogP contribution in [0.4, 0.5) is 4.79 Å². The lowest BCUT2D eigenvalue weighted by Crippen LogP contribution is -2.54. The monoisotopic (exact) mass is 319 g/mol. The van der Waals surface area contributed by atoms with Gasteiger partial charge in [0.05, 0.1) is 18.4 Å². The Bertz CT molecular complexity index is 462. The number of urea groups is 1. The molecule has 2 N–H and O–H groups in total. The van der Waals surface area contributed by atoms with Gasteiger partial charge in [0.2, 0.25) is 10.0 Å². The largest absolute Gasteiger partial charge is 0.376 e. The molecular formula is C13H25N3O4S. The molecule has 0 bridgehead atoms. The van der Waals surface area contributed by atoms with Crippen LogP contribution in [0.2, 0.25) is 0 Å². The van der Waals surface area contributed by atoms with Crippen LogP contribution in [0.5, 0.6) is 0 Å². The maximum Gasteiger partial charge on any atom is 0.317 e. The third-order valence-electron chi connectivity index (χ3n) is 3.96. The number of amides is 2. The Morgan fingerprint density at radius 2 is 2.10 bits per heavy atom. The molecule has 3 atom stereocenters. The van der Waals surface area contributed by atoms with Crippen molar-refractivity contribution < 1.29 is 17.9 Å². The normalized spacial score (nSPS) is 28.4. The summed E-state index contributed by atoms with van der Waals surface area (Å²) in [5.41, 5.74) is 0. The fourth-order valence-electron chi connectivity index (χ4n) is 2.94. The molecule has 7 nitrogen and oxygen atoms in total. The predicted molar refractivity (Wildman–Crippen MR) is 79.5 cm³/mol. The highest BCUT2D eigenvalue weighted by Crippen LogP contribution is 2.16. The first kappa shape index (κ1) is 16.5. The van der Waals surface area contributed by atoms with Crippen LogP contribution in [0, 0.1) is 0 Å². The van der Waals surface area contributed by atoms with Gasteiger partial charge >= 0.3 is 6.03 Å². The van der Waals surface area contributed by atoms with Gasteiger partial charge < -0.3 is 15.0 Å². The molecule has 2 fully saturated rings. The standard InChI is InChI=1S/C13H25N3O4S/c1-10(12-6-4-8-20-12)14-13(17)16-7-3-5-11(9-16)15-21(2,18)19/h10-12,15H,3-9H2,1-2H3,(H,14,17)/t10-,11+,12+/m0/s1. The van der Waals surface area contributed by atoms with Crippen molar-refractivity contribution in [3.8, 4) is 0 Å². The Balaban J connectivity index is 1.83. The molecule has 2 amide bonds. The molecule has 0 aliphatic carbocycles. The molecule has 8 heteroatoms. The van der Waals surface area contributed by atoms with E-state index < -0.39 is 10.0 Å². The second-order valence-electron chi connectivity index (χ2n) is 5.96. The summed E-state index contributed by atoms with van der Waals surface area (Å²) in [5.74, 6) is 0. The minimum Gasteiger partial charge on any atom is -0.376 e. The molecule has 0 aromatic rings. The van der Waals surface area contributed by atoms with Gasteiger partial charge in [0.1, 0.15) is 0 Å². The average molecular weight is 319 g/mol. The van der Waals surface area contributed by atoms with Crippen LogP contribution in [0.1, 0.15) is 32.6 Å². The molecule has 2 saturated heterocycles. The van der Waals surface area contributed by atoms with Crippen LogP contribution >= 0.6 is 0 Å². The number of nitrogens with one attached hydrogen (secondary N) is 2. The third kappa shape index (κ3) is 5.12. The molecule has 0 radical (unpaired) electrons. The SMILES string of the molecule is C[C@H](NC(=O)N1CCC[C@@H](NS(C)(=O)=O)C1)[C@H]1CCCO1. The van der Waals surface area contributed by atoms with Crippen molar-refractivity contribution in [3.63, 3.8) is 0 Å². The lowest BCUT2D eigenvalue weighted by atomic mass is 10.1. The van der Waals surface area contributed by atoms with Crippen molar-refractivity contribution in [2.45, 2.75) is 50.8 Å². The highest BCUT2D eigenvalue weighted by molar-refractivity contribution is 7.88. The maximum atomic E-state index is 12.3. The summed E-state index contributed by atoms with van der Waals surface area (Å²) in [4.78, 5) is 13.9. The van der Waals surface area contributed by atoms with Crippen LogP contribution in [0.3, 0.4) is 0 Å². The number of likely N-dealkylation sites (tertiary alicyclic amines) is 1. The van der Waals surface area contributed by atoms with E-state index in [0.29, 0.717) is 13.1 Å². The number of hydrogen-bond acceptors (Lipinski definition) is 4. The zero-order valence-electron chi connectivity index (χ0n) is 12.7. The lowest BCUT2D eigenvalue weighted by Gasteiger charge is -2.34. The maximum absolute atomic E-state index is 12.3. The molecule has 2 aliphatic rings. The molecule has 2 aliphatic heterocycles. The molecule has 0 unspecified atom stereocenters. The van der Waals surface area contributed by atoms with Crippen molar-refractivity contribution in [1.29, 1.82) is 0 Å². The van der Waals surface area contributed by atoms with Crippen LogP contribution < -0.4 is 10.0 Å². The summed E-state index contributed by atoms with van der Waals surface area (Å²) < 4.78 is 30.7. The molecule has 0 aromatic carbocycles. The number of hydrogen-bond donors (Lipinski definition) is 2. The Hall–Kier alpha value is -0.860. The zero-order chi connectivity index (χ0) is 15.5. The van der Waals surface area contributed by atoms with Crippen molar-refractivity contribution >= 4 is 16.1 Å². The average Bonchev–Trinajstić information content (AvgIpc) is 2.90. The lowest BCUT2D eigenvalue weighted by molar-refractivity contribution is 0.0822. The second-order valence-corrected chi connectivity index (χ2v) is 7.74. The van der Waals surface area contributed by atoms with E-state index in [1.807, 2.05) is 6.92 Å². The summed E-state index contributed by atoms with van der Waals surface area (Å²) in [6, 6.07) is -0.362. The molecule has 122 valence electrons. The summed E-state index contributed by atoms with van der Waals surface area (Å²) in [6.07, 6.45) is 4.80. The highest BCUT2D eigenvalue weighted by atomic mass is 32.2. The summed E-state index contributed by atoms with van der Waals surface area (Å²) in [7, 11) is -3.24. The minimum absolute atomic E-state index is 0.0248. The molecule has 0 saturated carbocycles. The quantitative estimate of drug-likeness (QED) is 0.779. The molecule has 0 aromatic heterocycles. The molecular weight excluding hydrogens is 294 g/mol. The van der Waals surface area contributed by atoms with Gasteiger partial charge in [-0.3, -0.25) is 0 Å². The first-order valence-electron chi connectivity index (χ1n) is 7.49. The van der Waals surface area contributed by atoms with E-state index >= 15 is 0 Å². The van der Waals surface area contributed by atoms with E-state index in [0.717, 1.165) is 38.5 Å². The van der Waals surface area contributed by atoms with Gasteiger partial charge in [-0.05, 0) is 32.6 Å². The van der Waals surface area contributed by atoms with Gasteiger partial charge in [-0.15, -0.1) is 0 Å². The Kier molecular flexibility index (Phi) is 5.45. The van der Waals surface area contributed by atoms with Gasteiger partial charge in [0, 0.05) is 25.7 Å². The van der Waals surface area contributed by atoms with Gasteiger partial charge in [-0.25, -0.2) is 17.9 Å². The van der Waals surface area contributed by atoms with E-state index in [9.17, 15) is 13.2 Å². The van der Waals surface area contributed by atoms with Crippen molar-refractivity contribution in [3.05, 3.63) is 0 Å². The summed E-state index contributed by atoms with van der Waals surface area (Å²) in [6.45, 7) is 3.78. The number of piperidine rings is 1. The number of rotatable bonds is 4. The van der Waals surface area contributed by atoms with Gasteiger partial charge in [-0.1, -0.05) is 0 Å². The third-order valence-corrected chi connectivity index (χ3v) is 4.72. The van der Waals surface area contributed by atoms with Crippen LogP contribution in [0.15, 0.2) is 0 Å². The topological polar surface area (TPSA) is 87.7 Å². The summed E-state index contributed by atoms with van der Waals surface area (Å²) >= 11 is 0. The molecule has 21 heavy (non-hydrogen) atoms. The van der Waals surface area contributed by atoms with E-state index in [-0.39, 0.29) is 24.2 Å².